The molecule has 0 aromatic carbocycles. The van der Waals surface area contributed by atoms with Crippen molar-refractivity contribution in [2.45, 2.75) is 18.2 Å². The van der Waals surface area contributed by atoms with Crippen molar-refractivity contribution in [3.8, 4) is 0 Å². The van der Waals surface area contributed by atoms with Crippen molar-refractivity contribution >= 4 is 44.3 Å². The number of aliphatic carboxylic acids is 1. The maximum atomic E-state index is 13.2. The highest BCUT2D eigenvalue weighted by molar-refractivity contribution is 7.90. The van der Waals surface area contributed by atoms with E-state index in [1.54, 1.807) is 12.1 Å². The lowest BCUT2D eigenvalue weighted by Gasteiger charge is -2.10. The predicted octanol–water partition coefficient (Wildman–Crippen LogP) is 2.06. The number of esters is 1. The van der Waals surface area contributed by atoms with Crippen LogP contribution in [0.5, 0.6) is 0 Å². The van der Waals surface area contributed by atoms with E-state index in [1.165, 1.54) is 31.7 Å². The van der Waals surface area contributed by atoms with Gasteiger partial charge in [0.1, 0.15) is 9.77 Å². The number of nitrogens with zero attached hydrogens (tertiary/aromatic N) is 2. The molecule has 26 heavy (non-hydrogen) atoms. The van der Waals surface area contributed by atoms with E-state index in [-0.39, 0.29) is 27.5 Å². The summed E-state index contributed by atoms with van der Waals surface area (Å²) in [6, 6.07) is 4.54. The second-order valence-corrected chi connectivity index (χ2v) is 8.06. The Hall–Kier alpha value is -2.72. The number of pyridine rings is 1. The smallest absolute Gasteiger partial charge is 0.349 e. The van der Waals surface area contributed by atoms with Crippen LogP contribution < -0.4 is 0 Å². The number of carbonyl (C=O) groups is 2. The Bertz CT molecular complexity index is 1130. The van der Waals surface area contributed by atoms with E-state index in [4.69, 9.17) is 5.11 Å². The molecule has 136 valence electrons. The van der Waals surface area contributed by atoms with Crippen molar-refractivity contribution < 1.29 is 27.9 Å². The summed E-state index contributed by atoms with van der Waals surface area (Å²) in [6.45, 7) is 1.52. The van der Waals surface area contributed by atoms with Gasteiger partial charge in [-0.25, -0.2) is 22.2 Å². The SMILES string of the molecule is COC(=O)c1sccc1S(=O)(=O)n1c(C)c(CC(=O)O)c2cccnc21. The molecule has 3 aromatic heterocycles. The molecule has 3 heterocycles. The van der Waals surface area contributed by atoms with E-state index in [2.05, 4.69) is 9.72 Å². The summed E-state index contributed by atoms with van der Waals surface area (Å²) in [5.74, 6) is -1.84. The zero-order valence-corrected chi connectivity index (χ0v) is 15.4. The first kappa shape index (κ1) is 18.1. The number of carboxylic acid groups (broad SMARTS) is 1. The fraction of sp³-hybridized carbons (Fsp3) is 0.188. The molecule has 0 aliphatic heterocycles. The highest BCUT2D eigenvalue weighted by atomic mass is 32.2. The Labute approximate surface area is 152 Å². The minimum atomic E-state index is -4.18. The van der Waals surface area contributed by atoms with Crippen LogP contribution in [0.2, 0.25) is 0 Å². The summed E-state index contributed by atoms with van der Waals surface area (Å²) >= 11 is 0.951. The van der Waals surface area contributed by atoms with Crippen molar-refractivity contribution in [3.63, 3.8) is 0 Å². The van der Waals surface area contributed by atoms with Gasteiger partial charge in [0.25, 0.3) is 10.0 Å². The summed E-state index contributed by atoms with van der Waals surface area (Å²) in [6.07, 6.45) is 1.08. The van der Waals surface area contributed by atoms with Crippen molar-refractivity contribution in [1.29, 1.82) is 0 Å². The molecule has 0 atom stereocenters. The Morgan fingerprint density at radius 3 is 2.73 bits per heavy atom. The third kappa shape index (κ3) is 2.76. The first-order valence-corrected chi connectivity index (χ1v) is 9.69. The van der Waals surface area contributed by atoms with Crippen molar-refractivity contribution in [2.24, 2.45) is 0 Å². The molecule has 1 N–H and O–H groups in total. The standard InChI is InChI=1S/C16H14N2O6S2/c1-9-11(8-13(19)20)10-4-3-6-17-15(10)18(9)26(22,23)12-5-7-25-14(12)16(21)24-2/h3-7H,8H2,1-2H3,(H,19,20). The molecule has 0 aliphatic rings. The molecular formula is C16H14N2O6S2. The normalized spacial score (nSPS) is 11.6. The topological polar surface area (TPSA) is 116 Å². The van der Waals surface area contributed by atoms with Crippen LogP contribution in [0.3, 0.4) is 0 Å². The molecule has 0 radical (unpaired) electrons. The van der Waals surface area contributed by atoms with E-state index in [1.807, 2.05) is 0 Å². The fourth-order valence-electron chi connectivity index (χ4n) is 2.78. The van der Waals surface area contributed by atoms with Crippen LogP contribution in [0.15, 0.2) is 34.7 Å². The van der Waals surface area contributed by atoms with E-state index in [0.717, 1.165) is 15.3 Å². The summed E-state index contributed by atoms with van der Waals surface area (Å²) < 4.78 is 32.1. The average Bonchev–Trinajstić information content (AvgIpc) is 3.19. The summed E-state index contributed by atoms with van der Waals surface area (Å²) in [5.41, 5.74) is 0.713. The molecule has 0 bridgehead atoms. The van der Waals surface area contributed by atoms with Gasteiger partial charge in [-0.15, -0.1) is 11.3 Å². The molecule has 0 fully saturated rings. The maximum absolute atomic E-state index is 13.2. The monoisotopic (exact) mass is 394 g/mol. The third-order valence-electron chi connectivity index (χ3n) is 3.89. The number of hydrogen-bond donors (Lipinski definition) is 1. The average molecular weight is 394 g/mol. The molecule has 0 amide bonds. The molecule has 0 unspecified atom stereocenters. The Kier molecular flexibility index (Phi) is 4.55. The van der Waals surface area contributed by atoms with Gasteiger partial charge in [-0.1, -0.05) is 0 Å². The fourth-order valence-corrected chi connectivity index (χ4v) is 5.63. The molecule has 0 saturated heterocycles. The van der Waals surface area contributed by atoms with Gasteiger partial charge in [-0.05, 0) is 36.1 Å². The molecule has 0 aliphatic carbocycles. The number of ether oxygens (including phenoxy) is 1. The van der Waals surface area contributed by atoms with Crippen LogP contribution in [0.4, 0.5) is 0 Å². The Balaban J connectivity index is 2.32. The number of carboxylic acids is 1. The summed E-state index contributed by atoms with van der Waals surface area (Å²) in [4.78, 5) is 27.0. The molecular weight excluding hydrogens is 380 g/mol. The van der Waals surface area contributed by atoms with Crippen LogP contribution >= 0.6 is 11.3 Å². The highest BCUT2D eigenvalue weighted by Crippen LogP contribution is 2.32. The largest absolute Gasteiger partial charge is 0.481 e. The van der Waals surface area contributed by atoms with E-state index < -0.39 is 22.0 Å². The van der Waals surface area contributed by atoms with E-state index >= 15 is 0 Å². The van der Waals surface area contributed by atoms with E-state index in [9.17, 15) is 18.0 Å². The van der Waals surface area contributed by atoms with Crippen molar-refractivity contribution in [1.82, 2.24) is 8.96 Å². The van der Waals surface area contributed by atoms with Gasteiger partial charge >= 0.3 is 11.9 Å². The number of hydrogen-bond acceptors (Lipinski definition) is 7. The Morgan fingerprint density at radius 2 is 2.08 bits per heavy atom. The van der Waals surface area contributed by atoms with Gasteiger partial charge < -0.3 is 9.84 Å². The number of aromatic nitrogens is 2. The van der Waals surface area contributed by atoms with Crippen molar-refractivity contribution in [3.05, 3.63) is 45.9 Å². The minimum absolute atomic E-state index is 0.0514. The zero-order valence-electron chi connectivity index (χ0n) is 13.8. The van der Waals surface area contributed by atoms with Gasteiger partial charge in [0.15, 0.2) is 5.65 Å². The number of thiophene rings is 1. The van der Waals surface area contributed by atoms with E-state index in [0.29, 0.717) is 10.9 Å². The summed E-state index contributed by atoms with van der Waals surface area (Å²) in [5, 5.41) is 11.1. The van der Waals surface area contributed by atoms with Gasteiger partial charge in [0.05, 0.1) is 13.5 Å². The van der Waals surface area contributed by atoms with Crippen LogP contribution in [0.25, 0.3) is 11.0 Å². The van der Waals surface area contributed by atoms with Crippen LogP contribution in [-0.2, 0) is 26.0 Å². The number of carbonyl (C=O) groups excluding carboxylic acids is 1. The van der Waals surface area contributed by atoms with Crippen LogP contribution in [0, 0.1) is 6.92 Å². The third-order valence-corrected chi connectivity index (χ3v) is 6.74. The number of rotatable bonds is 5. The first-order chi connectivity index (χ1) is 12.3. The molecule has 0 saturated carbocycles. The van der Waals surface area contributed by atoms with Crippen LogP contribution in [-0.4, -0.2) is 41.5 Å². The molecule has 3 rings (SSSR count). The number of methoxy groups -OCH3 is 1. The first-order valence-electron chi connectivity index (χ1n) is 7.37. The van der Waals surface area contributed by atoms with Gasteiger partial charge in [0.2, 0.25) is 0 Å². The van der Waals surface area contributed by atoms with Crippen LogP contribution in [0.1, 0.15) is 20.9 Å². The lowest BCUT2D eigenvalue weighted by atomic mass is 10.1. The molecule has 3 aromatic rings. The lowest BCUT2D eigenvalue weighted by molar-refractivity contribution is -0.136. The molecule has 10 heteroatoms. The second kappa shape index (κ2) is 6.54. The van der Waals surface area contributed by atoms with Crippen molar-refractivity contribution in [2.75, 3.05) is 7.11 Å². The molecule has 8 nitrogen and oxygen atoms in total. The zero-order chi connectivity index (χ0) is 19.1. The lowest BCUT2D eigenvalue weighted by Crippen LogP contribution is -2.17. The van der Waals surface area contributed by atoms with Gasteiger partial charge in [0, 0.05) is 17.3 Å². The predicted molar refractivity (Wildman–Crippen MR) is 94.1 cm³/mol. The maximum Gasteiger partial charge on any atom is 0.349 e. The van der Waals surface area contributed by atoms with Gasteiger partial charge in [-0.3, -0.25) is 4.79 Å². The highest BCUT2D eigenvalue weighted by Gasteiger charge is 2.31. The number of fused-ring (bicyclic) bond motifs is 1. The summed E-state index contributed by atoms with van der Waals surface area (Å²) in [7, 11) is -3.01. The van der Waals surface area contributed by atoms with Gasteiger partial charge in [-0.2, -0.15) is 0 Å². The minimum Gasteiger partial charge on any atom is -0.481 e. The second-order valence-electron chi connectivity index (χ2n) is 5.38. The quantitative estimate of drug-likeness (QED) is 0.659. The Morgan fingerprint density at radius 1 is 1.35 bits per heavy atom. The molecule has 0 spiro atoms.